The van der Waals surface area contributed by atoms with Crippen molar-refractivity contribution >= 4 is 11.8 Å². The van der Waals surface area contributed by atoms with E-state index in [0.717, 1.165) is 69.0 Å². The van der Waals surface area contributed by atoms with Crippen molar-refractivity contribution in [3.63, 3.8) is 0 Å². The lowest BCUT2D eigenvalue weighted by atomic mass is 9.99. The zero-order valence-electron chi connectivity index (χ0n) is 16.3. The highest BCUT2D eigenvalue weighted by Gasteiger charge is 2.22. The number of hydrogen-bond acceptors (Lipinski definition) is 7. The maximum absolute atomic E-state index is 5.47. The molecule has 1 saturated heterocycles. The summed E-state index contributed by atoms with van der Waals surface area (Å²) in [6.07, 6.45) is 2.84. The topological polar surface area (TPSA) is 54.0 Å². The highest BCUT2D eigenvalue weighted by Crippen LogP contribution is 2.34. The van der Waals surface area contributed by atoms with Crippen molar-refractivity contribution in [2.45, 2.75) is 13.0 Å². The van der Waals surface area contributed by atoms with Crippen LogP contribution in [-0.4, -0.2) is 68.9 Å². The molecule has 2 aromatic rings. The molecule has 27 heavy (non-hydrogen) atoms. The number of nitrogens with zero attached hydrogens (tertiary/aromatic N) is 5. The van der Waals surface area contributed by atoms with Crippen molar-refractivity contribution in [2.24, 2.45) is 0 Å². The fourth-order valence-electron chi connectivity index (χ4n) is 3.75. The second-order valence-corrected chi connectivity index (χ2v) is 7.15. The predicted octanol–water partition coefficient (Wildman–Crippen LogP) is 1.81. The van der Waals surface area contributed by atoms with E-state index in [9.17, 15) is 0 Å². The van der Waals surface area contributed by atoms with Gasteiger partial charge in [0.15, 0.2) is 11.5 Å². The van der Waals surface area contributed by atoms with Gasteiger partial charge in [0.1, 0.15) is 5.82 Å². The van der Waals surface area contributed by atoms with Crippen LogP contribution in [0.25, 0.3) is 0 Å². The van der Waals surface area contributed by atoms with E-state index in [1.165, 1.54) is 11.1 Å². The highest BCUT2D eigenvalue weighted by atomic mass is 16.5. The molecule has 0 radical (unpaired) electrons. The van der Waals surface area contributed by atoms with Crippen LogP contribution in [-0.2, 0) is 13.0 Å². The largest absolute Gasteiger partial charge is 0.493 e. The summed E-state index contributed by atoms with van der Waals surface area (Å²) in [5, 5.41) is 0. The number of methoxy groups -OCH3 is 2. The lowest BCUT2D eigenvalue weighted by Crippen LogP contribution is -2.45. The van der Waals surface area contributed by atoms with Gasteiger partial charge in [-0.05, 0) is 42.8 Å². The van der Waals surface area contributed by atoms with Gasteiger partial charge in [-0.15, -0.1) is 0 Å². The number of benzene rings is 1. The first-order valence-corrected chi connectivity index (χ1v) is 9.43. The SMILES string of the molecule is COc1cc2c(cc1OC)CN(c1ccnc(N3CCN(C)CC3)n1)CC2. The van der Waals surface area contributed by atoms with Gasteiger partial charge < -0.3 is 24.2 Å². The van der Waals surface area contributed by atoms with E-state index in [1.807, 2.05) is 12.3 Å². The number of likely N-dealkylation sites (N-methyl/N-ethyl adjacent to an activating group) is 1. The van der Waals surface area contributed by atoms with Crippen LogP contribution in [0.15, 0.2) is 24.4 Å². The van der Waals surface area contributed by atoms with Gasteiger partial charge in [0, 0.05) is 45.5 Å². The van der Waals surface area contributed by atoms with Gasteiger partial charge in [0.25, 0.3) is 0 Å². The minimum absolute atomic E-state index is 0.777. The summed E-state index contributed by atoms with van der Waals surface area (Å²) in [5.41, 5.74) is 2.58. The van der Waals surface area contributed by atoms with Crippen LogP contribution in [0.3, 0.4) is 0 Å². The van der Waals surface area contributed by atoms with E-state index in [1.54, 1.807) is 14.2 Å². The number of hydrogen-bond donors (Lipinski definition) is 0. The molecule has 0 saturated carbocycles. The molecule has 1 aromatic carbocycles. The molecule has 7 heteroatoms. The summed E-state index contributed by atoms with van der Waals surface area (Å²) < 4.78 is 10.9. The molecule has 0 amide bonds. The maximum Gasteiger partial charge on any atom is 0.227 e. The normalized spacial score (nSPS) is 17.6. The first kappa shape index (κ1) is 17.9. The first-order valence-electron chi connectivity index (χ1n) is 9.43. The van der Waals surface area contributed by atoms with Gasteiger partial charge in [0.2, 0.25) is 5.95 Å². The number of piperazine rings is 1. The molecule has 0 unspecified atom stereocenters. The number of aromatic nitrogens is 2. The molecule has 0 atom stereocenters. The second-order valence-electron chi connectivity index (χ2n) is 7.15. The van der Waals surface area contributed by atoms with Gasteiger partial charge in [-0.3, -0.25) is 0 Å². The van der Waals surface area contributed by atoms with Gasteiger partial charge in [-0.2, -0.15) is 4.98 Å². The molecule has 2 aliphatic heterocycles. The zero-order chi connectivity index (χ0) is 18.8. The monoisotopic (exact) mass is 369 g/mol. The van der Waals surface area contributed by atoms with Crippen molar-refractivity contribution in [1.82, 2.24) is 14.9 Å². The summed E-state index contributed by atoms with van der Waals surface area (Å²) in [7, 11) is 5.51. The third-order valence-corrected chi connectivity index (χ3v) is 5.46. The van der Waals surface area contributed by atoms with E-state index in [4.69, 9.17) is 14.5 Å². The van der Waals surface area contributed by atoms with Crippen LogP contribution in [0, 0.1) is 0 Å². The molecule has 7 nitrogen and oxygen atoms in total. The van der Waals surface area contributed by atoms with Gasteiger partial charge in [-0.1, -0.05) is 0 Å². The molecule has 1 fully saturated rings. The molecule has 2 aliphatic rings. The molecule has 0 N–H and O–H groups in total. The number of ether oxygens (including phenoxy) is 2. The van der Waals surface area contributed by atoms with Crippen LogP contribution in [0.2, 0.25) is 0 Å². The van der Waals surface area contributed by atoms with Crippen molar-refractivity contribution in [3.05, 3.63) is 35.5 Å². The average molecular weight is 369 g/mol. The van der Waals surface area contributed by atoms with Crippen molar-refractivity contribution < 1.29 is 9.47 Å². The van der Waals surface area contributed by atoms with Gasteiger partial charge in [-0.25, -0.2) is 4.98 Å². The van der Waals surface area contributed by atoms with Crippen LogP contribution in [0.5, 0.6) is 11.5 Å². The highest BCUT2D eigenvalue weighted by molar-refractivity contribution is 5.52. The smallest absolute Gasteiger partial charge is 0.227 e. The van der Waals surface area contributed by atoms with Crippen LogP contribution in [0.1, 0.15) is 11.1 Å². The lowest BCUT2D eigenvalue weighted by molar-refractivity contribution is 0.311. The number of fused-ring (bicyclic) bond motifs is 1. The standard InChI is InChI=1S/C20H27N5O2/c1-23-8-10-24(11-9-23)20-21-6-4-19(22-20)25-7-5-15-12-17(26-2)18(27-3)13-16(15)14-25/h4,6,12-13H,5,7-11,14H2,1-3H3. The van der Waals surface area contributed by atoms with Crippen LogP contribution in [0.4, 0.5) is 11.8 Å². The van der Waals surface area contributed by atoms with E-state index < -0.39 is 0 Å². The maximum atomic E-state index is 5.47. The molecule has 3 heterocycles. The Kier molecular flexibility index (Phi) is 5.03. The Morgan fingerprint density at radius 3 is 2.30 bits per heavy atom. The van der Waals surface area contributed by atoms with Gasteiger partial charge >= 0.3 is 0 Å². The van der Waals surface area contributed by atoms with E-state index in [2.05, 4.69) is 38.9 Å². The number of rotatable bonds is 4. The summed E-state index contributed by atoms with van der Waals surface area (Å²) >= 11 is 0. The predicted molar refractivity (Wildman–Crippen MR) is 106 cm³/mol. The average Bonchev–Trinajstić information content (AvgIpc) is 2.73. The lowest BCUT2D eigenvalue weighted by Gasteiger charge is -2.34. The summed E-state index contributed by atoms with van der Waals surface area (Å²) in [4.78, 5) is 16.3. The van der Waals surface area contributed by atoms with E-state index >= 15 is 0 Å². The Balaban J connectivity index is 1.54. The summed E-state index contributed by atoms with van der Waals surface area (Å²) in [5.74, 6) is 3.39. The summed E-state index contributed by atoms with van der Waals surface area (Å²) in [6, 6.07) is 6.19. The molecular formula is C20H27N5O2. The van der Waals surface area contributed by atoms with Crippen molar-refractivity contribution in [1.29, 1.82) is 0 Å². The van der Waals surface area contributed by atoms with Crippen LogP contribution >= 0.6 is 0 Å². The Hall–Kier alpha value is -2.54. The first-order chi connectivity index (χ1) is 13.2. The molecule has 4 rings (SSSR count). The Bertz CT molecular complexity index is 805. The van der Waals surface area contributed by atoms with Crippen LogP contribution < -0.4 is 19.3 Å². The molecule has 144 valence electrons. The van der Waals surface area contributed by atoms with Crippen molar-refractivity contribution in [2.75, 3.05) is 63.8 Å². The minimum atomic E-state index is 0.777. The third kappa shape index (κ3) is 3.64. The Morgan fingerprint density at radius 1 is 0.889 bits per heavy atom. The number of anilines is 2. The molecular weight excluding hydrogens is 342 g/mol. The molecule has 0 bridgehead atoms. The van der Waals surface area contributed by atoms with E-state index in [-0.39, 0.29) is 0 Å². The fourth-order valence-corrected chi connectivity index (χ4v) is 3.75. The fraction of sp³-hybridized carbons (Fsp3) is 0.500. The second kappa shape index (κ2) is 7.60. The minimum Gasteiger partial charge on any atom is -0.493 e. The molecule has 0 aliphatic carbocycles. The summed E-state index contributed by atoms with van der Waals surface area (Å²) in [6.45, 7) is 5.79. The van der Waals surface area contributed by atoms with Crippen molar-refractivity contribution in [3.8, 4) is 11.5 Å². The third-order valence-electron chi connectivity index (χ3n) is 5.46. The Labute approximate surface area is 160 Å². The molecule has 0 spiro atoms. The molecule has 1 aromatic heterocycles. The van der Waals surface area contributed by atoms with E-state index in [0.29, 0.717) is 0 Å². The van der Waals surface area contributed by atoms with Gasteiger partial charge in [0.05, 0.1) is 14.2 Å². The Morgan fingerprint density at radius 2 is 1.59 bits per heavy atom. The zero-order valence-corrected chi connectivity index (χ0v) is 16.3. The quantitative estimate of drug-likeness (QED) is 0.815.